The number of fused-ring (bicyclic) bond motifs is 7. The average Bonchev–Trinajstić information content (AvgIpc) is 3.59. The number of rotatable bonds is 8. The van der Waals surface area contributed by atoms with E-state index in [9.17, 15) is 0 Å². The highest BCUT2D eigenvalue weighted by Gasteiger charge is 2.39. The molecule has 0 aliphatic heterocycles. The second kappa shape index (κ2) is 15.8. The fourth-order valence-electron chi connectivity index (χ4n) is 10.3. The van der Waals surface area contributed by atoms with Crippen molar-refractivity contribution in [3.8, 4) is 67.3 Å². The predicted octanol–water partition coefficient (Wildman–Crippen LogP) is 16.7. The molecule has 304 valence electrons. The molecular formula is C62H46N2. The second-order valence-electron chi connectivity index (χ2n) is 17.3. The van der Waals surface area contributed by atoms with Crippen LogP contribution in [0.15, 0.2) is 219 Å². The summed E-state index contributed by atoms with van der Waals surface area (Å²) in [6.07, 6.45) is 8.11. The summed E-state index contributed by atoms with van der Waals surface area (Å²) < 4.78 is 0. The SMILES string of the molecule is C=C(/C=C\C=C/C)c1ccccc1-c1cc(-c2ccc(-c3ccc(-c4cccc5c4C(C)(C)c4c-5ccc5ccccc45)c4ccccc34)c3ccccc23)nc(-c2ccccc2)n1. The van der Waals surface area contributed by atoms with Gasteiger partial charge in [0.1, 0.15) is 0 Å². The van der Waals surface area contributed by atoms with Crippen LogP contribution < -0.4 is 0 Å². The van der Waals surface area contributed by atoms with Gasteiger partial charge >= 0.3 is 0 Å². The van der Waals surface area contributed by atoms with Gasteiger partial charge in [-0.05, 0) is 101 Å². The molecule has 64 heavy (non-hydrogen) atoms. The van der Waals surface area contributed by atoms with Gasteiger partial charge in [-0.2, -0.15) is 0 Å². The van der Waals surface area contributed by atoms with Gasteiger partial charge in [-0.1, -0.05) is 227 Å². The van der Waals surface area contributed by atoms with Crippen molar-refractivity contribution in [2.75, 3.05) is 0 Å². The highest BCUT2D eigenvalue weighted by Crippen LogP contribution is 2.55. The molecule has 0 N–H and O–H groups in total. The maximum absolute atomic E-state index is 5.30. The molecule has 11 rings (SSSR count). The summed E-state index contributed by atoms with van der Waals surface area (Å²) in [6, 6.07) is 68.0. The molecule has 0 amide bonds. The third-order valence-electron chi connectivity index (χ3n) is 13.1. The fraction of sp³-hybridized carbons (Fsp3) is 0.0645. The zero-order valence-electron chi connectivity index (χ0n) is 36.3. The van der Waals surface area contributed by atoms with E-state index >= 15 is 0 Å². The molecule has 0 spiro atoms. The van der Waals surface area contributed by atoms with Crippen LogP contribution in [-0.2, 0) is 5.41 Å². The molecule has 0 saturated heterocycles. The van der Waals surface area contributed by atoms with Crippen molar-refractivity contribution in [1.29, 1.82) is 0 Å². The molecule has 2 heteroatoms. The van der Waals surface area contributed by atoms with Gasteiger partial charge in [0.15, 0.2) is 5.82 Å². The van der Waals surface area contributed by atoms with Gasteiger partial charge in [0, 0.05) is 22.1 Å². The molecule has 1 heterocycles. The zero-order chi connectivity index (χ0) is 43.4. The minimum Gasteiger partial charge on any atom is -0.228 e. The first-order valence-corrected chi connectivity index (χ1v) is 22.1. The molecule has 2 nitrogen and oxygen atoms in total. The Labute approximate surface area is 375 Å². The van der Waals surface area contributed by atoms with Gasteiger partial charge in [-0.15, -0.1) is 0 Å². The molecule has 9 aromatic carbocycles. The van der Waals surface area contributed by atoms with Crippen LogP contribution in [0.25, 0.3) is 105 Å². The van der Waals surface area contributed by atoms with Crippen molar-refractivity contribution in [2.45, 2.75) is 26.2 Å². The molecule has 1 aliphatic rings. The largest absolute Gasteiger partial charge is 0.228 e. The highest BCUT2D eigenvalue weighted by molar-refractivity contribution is 6.13. The van der Waals surface area contributed by atoms with Gasteiger partial charge in [-0.3, -0.25) is 0 Å². The lowest BCUT2D eigenvalue weighted by Crippen LogP contribution is -2.17. The van der Waals surface area contributed by atoms with Crippen LogP contribution in [-0.4, -0.2) is 9.97 Å². The van der Waals surface area contributed by atoms with Crippen molar-refractivity contribution < 1.29 is 0 Å². The molecule has 0 saturated carbocycles. The Hall–Kier alpha value is -7.94. The average molecular weight is 819 g/mol. The van der Waals surface area contributed by atoms with Crippen LogP contribution in [0.1, 0.15) is 37.5 Å². The molecular weight excluding hydrogens is 773 g/mol. The zero-order valence-corrected chi connectivity index (χ0v) is 36.3. The fourth-order valence-corrected chi connectivity index (χ4v) is 10.3. The van der Waals surface area contributed by atoms with Gasteiger partial charge in [-0.25, -0.2) is 9.97 Å². The lowest BCUT2D eigenvalue weighted by atomic mass is 9.76. The smallest absolute Gasteiger partial charge is 0.160 e. The number of allylic oxidation sites excluding steroid dienone is 5. The van der Waals surface area contributed by atoms with Crippen molar-refractivity contribution in [2.24, 2.45) is 0 Å². The van der Waals surface area contributed by atoms with E-state index in [0.717, 1.165) is 44.6 Å². The van der Waals surface area contributed by atoms with Crippen molar-refractivity contribution in [3.05, 3.63) is 236 Å². The van der Waals surface area contributed by atoms with Gasteiger partial charge < -0.3 is 0 Å². The molecule has 0 bridgehead atoms. The van der Waals surface area contributed by atoms with E-state index in [0.29, 0.717) is 5.82 Å². The van der Waals surface area contributed by atoms with E-state index in [4.69, 9.17) is 9.97 Å². The summed E-state index contributed by atoms with van der Waals surface area (Å²) in [6.45, 7) is 11.3. The van der Waals surface area contributed by atoms with E-state index in [1.54, 1.807) is 0 Å². The summed E-state index contributed by atoms with van der Waals surface area (Å²) in [5, 5.41) is 7.40. The molecule has 1 aliphatic carbocycles. The van der Waals surface area contributed by atoms with E-state index in [1.807, 2.05) is 43.4 Å². The van der Waals surface area contributed by atoms with Crippen LogP contribution in [0.5, 0.6) is 0 Å². The summed E-state index contributed by atoms with van der Waals surface area (Å²) >= 11 is 0. The monoisotopic (exact) mass is 818 g/mol. The second-order valence-corrected chi connectivity index (χ2v) is 17.3. The van der Waals surface area contributed by atoms with Crippen molar-refractivity contribution in [3.63, 3.8) is 0 Å². The number of nitrogens with zero attached hydrogens (tertiary/aromatic N) is 2. The Balaban J connectivity index is 1.06. The van der Waals surface area contributed by atoms with Crippen LogP contribution in [0, 0.1) is 0 Å². The van der Waals surface area contributed by atoms with Crippen molar-refractivity contribution >= 4 is 37.9 Å². The molecule has 10 aromatic rings. The van der Waals surface area contributed by atoms with E-state index < -0.39 is 0 Å². The normalized spacial score (nSPS) is 13.0. The minimum absolute atomic E-state index is 0.186. The highest BCUT2D eigenvalue weighted by atomic mass is 14.9. The summed E-state index contributed by atoms with van der Waals surface area (Å²) in [5.41, 5.74) is 16.9. The van der Waals surface area contributed by atoms with E-state index in [-0.39, 0.29) is 5.41 Å². The standard InChI is InChI=1S/C62H46N2/c1-5-6-8-20-40(2)43-24-13-18-30-52(43)57-39-58(64-61(63-57)42-22-9-7-10-23-42)53-38-37-50(47-28-16-17-29-48(47)53)49-35-36-51(46-27-15-14-26-45(46)49)54-31-19-32-55-56-34-33-41-21-11-12-25-44(41)59(56)62(3,4)60(54)55/h5-39H,2H2,1,3-4H3/b6-5-,20-8-. The summed E-state index contributed by atoms with van der Waals surface area (Å²) in [7, 11) is 0. The maximum atomic E-state index is 5.30. The molecule has 1 aromatic heterocycles. The Kier molecular flexibility index (Phi) is 9.59. The molecule has 0 fully saturated rings. The Morgan fingerprint density at radius 2 is 0.922 bits per heavy atom. The Morgan fingerprint density at radius 1 is 0.438 bits per heavy atom. The number of hydrogen-bond donors (Lipinski definition) is 0. The van der Waals surface area contributed by atoms with Crippen LogP contribution >= 0.6 is 0 Å². The minimum atomic E-state index is -0.186. The summed E-state index contributed by atoms with van der Waals surface area (Å²) in [4.78, 5) is 10.5. The topological polar surface area (TPSA) is 25.8 Å². The molecule has 0 radical (unpaired) electrons. The molecule has 0 atom stereocenters. The number of benzene rings is 9. The lowest BCUT2D eigenvalue weighted by Gasteiger charge is -2.26. The molecule has 0 unspecified atom stereocenters. The van der Waals surface area contributed by atoms with Crippen LogP contribution in [0.2, 0.25) is 0 Å². The quantitative estimate of drug-likeness (QED) is 0.143. The Morgan fingerprint density at radius 3 is 1.59 bits per heavy atom. The first-order chi connectivity index (χ1) is 31.4. The van der Waals surface area contributed by atoms with Crippen LogP contribution in [0.4, 0.5) is 0 Å². The van der Waals surface area contributed by atoms with E-state index in [2.05, 4.69) is 196 Å². The van der Waals surface area contributed by atoms with Gasteiger partial charge in [0.2, 0.25) is 0 Å². The summed E-state index contributed by atoms with van der Waals surface area (Å²) in [5.74, 6) is 0.680. The number of hydrogen-bond acceptors (Lipinski definition) is 2. The van der Waals surface area contributed by atoms with Crippen LogP contribution in [0.3, 0.4) is 0 Å². The first-order valence-electron chi connectivity index (χ1n) is 22.1. The predicted molar refractivity (Wildman–Crippen MR) is 272 cm³/mol. The first kappa shape index (κ1) is 38.9. The number of aromatic nitrogens is 2. The maximum Gasteiger partial charge on any atom is 0.160 e. The third kappa shape index (κ3) is 6.41. The van der Waals surface area contributed by atoms with Crippen molar-refractivity contribution in [1.82, 2.24) is 9.97 Å². The van der Waals surface area contributed by atoms with Gasteiger partial charge in [0.05, 0.1) is 11.4 Å². The lowest BCUT2D eigenvalue weighted by molar-refractivity contribution is 0.668. The van der Waals surface area contributed by atoms with Gasteiger partial charge in [0.25, 0.3) is 0 Å². The third-order valence-corrected chi connectivity index (χ3v) is 13.1. The van der Waals surface area contributed by atoms with E-state index in [1.165, 1.54) is 71.4 Å². The Bertz CT molecular complexity index is 3550.